The number of aromatic nitrogens is 2. The Bertz CT molecular complexity index is 763. The molecule has 0 atom stereocenters. The van der Waals surface area contributed by atoms with E-state index in [1.165, 1.54) is 25.7 Å². The minimum atomic E-state index is 0.286. The first-order valence-electron chi connectivity index (χ1n) is 9.81. The first kappa shape index (κ1) is 18.3. The number of halogens is 1. The largest absolute Gasteiger partial charge is 0.339 e. The Kier molecular flexibility index (Phi) is 5.62. The molecule has 2 aromatic rings. The molecule has 1 aliphatic carbocycles. The van der Waals surface area contributed by atoms with Crippen LogP contribution in [-0.2, 0) is 4.79 Å². The van der Waals surface area contributed by atoms with Gasteiger partial charge in [0.2, 0.25) is 11.7 Å². The zero-order valence-electron chi connectivity index (χ0n) is 15.4. The first-order valence-corrected chi connectivity index (χ1v) is 10.2. The molecule has 2 aliphatic rings. The summed E-state index contributed by atoms with van der Waals surface area (Å²) in [6.45, 7) is 2.86. The Morgan fingerprint density at radius 3 is 2.52 bits per heavy atom. The second-order valence-corrected chi connectivity index (χ2v) is 7.90. The SMILES string of the molecule is O=C(CCC1CCCC1)N1CCN(c2nc(-c3ccc(Cl)cc3)no2)CC1. The molecular weight excluding hydrogens is 364 g/mol. The van der Waals surface area contributed by atoms with Gasteiger partial charge in [0.05, 0.1) is 0 Å². The number of nitrogens with zero attached hydrogens (tertiary/aromatic N) is 4. The van der Waals surface area contributed by atoms with Crippen LogP contribution in [0, 0.1) is 5.92 Å². The van der Waals surface area contributed by atoms with Crippen molar-refractivity contribution < 1.29 is 9.32 Å². The Morgan fingerprint density at radius 2 is 1.81 bits per heavy atom. The molecule has 2 fully saturated rings. The van der Waals surface area contributed by atoms with E-state index in [1.807, 2.05) is 34.1 Å². The van der Waals surface area contributed by atoms with Crippen LogP contribution in [0.4, 0.5) is 6.01 Å². The van der Waals surface area contributed by atoms with E-state index in [0.717, 1.165) is 31.0 Å². The highest BCUT2D eigenvalue weighted by molar-refractivity contribution is 6.30. The lowest BCUT2D eigenvalue weighted by atomic mass is 10.0. The highest BCUT2D eigenvalue weighted by atomic mass is 35.5. The molecule has 0 unspecified atom stereocenters. The number of amides is 1. The van der Waals surface area contributed by atoms with Crippen molar-refractivity contribution in [3.63, 3.8) is 0 Å². The average molecular weight is 389 g/mol. The number of carbonyl (C=O) groups excluding carboxylic acids is 1. The third-order valence-electron chi connectivity index (χ3n) is 5.66. The van der Waals surface area contributed by atoms with Crippen LogP contribution in [0.1, 0.15) is 38.5 Å². The summed E-state index contributed by atoms with van der Waals surface area (Å²) in [6.07, 6.45) is 7.00. The van der Waals surface area contributed by atoms with E-state index in [4.69, 9.17) is 16.1 Å². The molecule has 1 aliphatic heterocycles. The van der Waals surface area contributed by atoms with Crippen molar-refractivity contribution in [3.8, 4) is 11.4 Å². The molecule has 1 saturated carbocycles. The van der Waals surface area contributed by atoms with Gasteiger partial charge in [0.1, 0.15) is 0 Å². The standard InChI is InChI=1S/C20H25ClN4O2/c21-17-8-6-16(7-9-17)19-22-20(27-23-19)25-13-11-24(12-14-25)18(26)10-5-15-3-1-2-4-15/h6-9,15H,1-5,10-14H2. The molecular formula is C20H25ClN4O2. The van der Waals surface area contributed by atoms with Crippen LogP contribution in [0.15, 0.2) is 28.8 Å². The van der Waals surface area contributed by atoms with Crippen LogP contribution in [0.5, 0.6) is 0 Å². The number of rotatable bonds is 5. The maximum absolute atomic E-state index is 12.5. The van der Waals surface area contributed by atoms with Crippen molar-refractivity contribution in [2.45, 2.75) is 38.5 Å². The van der Waals surface area contributed by atoms with Crippen LogP contribution >= 0.6 is 11.6 Å². The summed E-state index contributed by atoms with van der Waals surface area (Å²) in [5, 5.41) is 4.74. The van der Waals surface area contributed by atoms with Crippen molar-refractivity contribution in [2.75, 3.05) is 31.1 Å². The van der Waals surface area contributed by atoms with E-state index in [-0.39, 0.29) is 5.91 Å². The number of carbonyl (C=O) groups is 1. The maximum Gasteiger partial charge on any atom is 0.324 e. The molecule has 1 saturated heterocycles. The van der Waals surface area contributed by atoms with Gasteiger partial charge < -0.3 is 14.3 Å². The summed E-state index contributed by atoms with van der Waals surface area (Å²) < 4.78 is 5.43. The van der Waals surface area contributed by atoms with Crippen molar-refractivity contribution in [1.82, 2.24) is 15.0 Å². The highest BCUT2D eigenvalue weighted by Crippen LogP contribution is 2.29. The van der Waals surface area contributed by atoms with Crippen LogP contribution < -0.4 is 4.90 Å². The van der Waals surface area contributed by atoms with Crippen LogP contribution in [0.2, 0.25) is 5.02 Å². The predicted octanol–water partition coefficient (Wildman–Crippen LogP) is 4.01. The smallest absolute Gasteiger partial charge is 0.324 e. The van der Waals surface area contributed by atoms with Gasteiger partial charge in [-0.3, -0.25) is 4.79 Å². The van der Waals surface area contributed by atoms with Crippen LogP contribution in [0.3, 0.4) is 0 Å². The van der Waals surface area contributed by atoms with Gasteiger partial charge in [-0.1, -0.05) is 42.4 Å². The summed E-state index contributed by atoms with van der Waals surface area (Å²) in [5.41, 5.74) is 0.870. The van der Waals surface area contributed by atoms with Gasteiger partial charge in [-0.05, 0) is 36.6 Å². The van der Waals surface area contributed by atoms with E-state index >= 15 is 0 Å². The molecule has 1 aromatic heterocycles. The number of hydrogen-bond donors (Lipinski definition) is 0. The molecule has 6 nitrogen and oxygen atoms in total. The zero-order chi connectivity index (χ0) is 18.6. The number of benzene rings is 1. The van der Waals surface area contributed by atoms with Gasteiger partial charge in [-0.2, -0.15) is 4.98 Å². The Balaban J connectivity index is 1.29. The lowest BCUT2D eigenvalue weighted by Crippen LogP contribution is -2.49. The number of anilines is 1. The third-order valence-corrected chi connectivity index (χ3v) is 5.91. The normalized spacial score (nSPS) is 18.3. The van der Waals surface area contributed by atoms with Gasteiger partial charge in [-0.15, -0.1) is 0 Å². The molecule has 27 heavy (non-hydrogen) atoms. The van der Waals surface area contributed by atoms with E-state index in [1.54, 1.807) is 0 Å². The van der Waals surface area contributed by atoms with Crippen molar-refractivity contribution in [2.24, 2.45) is 5.92 Å². The molecule has 4 rings (SSSR count). The van der Waals surface area contributed by atoms with E-state index in [0.29, 0.717) is 36.4 Å². The summed E-state index contributed by atoms with van der Waals surface area (Å²) >= 11 is 5.92. The number of hydrogen-bond acceptors (Lipinski definition) is 5. The molecule has 0 radical (unpaired) electrons. The van der Waals surface area contributed by atoms with Gasteiger partial charge in [0.25, 0.3) is 0 Å². The van der Waals surface area contributed by atoms with Crippen LogP contribution in [0.25, 0.3) is 11.4 Å². The summed E-state index contributed by atoms with van der Waals surface area (Å²) in [4.78, 5) is 21.0. The molecule has 0 spiro atoms. The first-order chi connectivity index (χ1) is 13.2. The lowest BCUT2D eigenvalue weighted by Gasteiger charge is -2.33. The highest BCUT2D eigenvalue weighted by Gasteiger charge is 2.25. The minimum Gasteiger partial charge on any atom is -0.339 e. The van der Waals surface area contributed by atoms with Crippen molar-refractivity contribution in [1.29, 1.82) is 0 Å². The van der Waals surface area contributed by atoms with Gasteiger partial charge in [0.15, 0.2) is 0 Å². The van der Waals surface area contributed by atoms with Gasteiger partial charge in [0, 0.05) is 43.2 Å². The topological polar surface area (TPSA) is 62.5 Å². The number of piperazine rings is 1. The molecule has 0 bridgehead atoms. The molecule has 1 aromatic carbocycles. The van der Waals surface area contributed by atoms with Crippen LogP contribution in [-0.4, -0.2) is 47.1 Å². The Morgan fingerprint density at radius 1 is 1.11 bits per heavy atom. The second kappa shape index (κ2) is 8.30. The van der Waals surface area contributed by atoms with Crippen molar-refractivity contribution >= 4 is 23.5 Å². The molecule has 0 N–H and O–H groups in total. The van der Waals surface area contributed by atoms with Gasteiger partial charge >= 0.3 is 6.01 Å². The fraction of sp³-hybridized carbons (Fsp3) is 0.550. The Labute approximate surface area is 164 Å². The second-order valence-electron chi connectivity index (χ2n) is 7.46. The molecule has 1 amide bonds. The van der Waals surface area contributed by atoms with E-state index in [9.17, 15) is 4.79 Å². The summed E-state index contributed by atoms with van der Waals surface area (Å²) in [5.74, 6) is 1.60. The quantitative estimate of drug-likeness (QED) is 0.774. The molecule has 2 heterocycles. The third kappa shape index (κ3) is 4.43. The average Bonchev–Trinajstić information content (AvgIpc) is 3.39. The summed E-state index contributed by atoms with van der Waals surface area (Å²) in [7, 11) is 0. The summed E-state index contributed by atoms with van der Waals surface area (Å²) in [6, 6.07) is 7.87. The van der Waals surface area contributed by atoms with Crippen molar-refractivity contribution in [3.05, 3.63) is 29.3 Å². The Hall–Kier alpha value is -2.08. The molecule has 144 valence electrons. The lowest BCUT2D eigenvalue weighted by molar-refractivity contribution is -0.131. The predicted molar refractivity (Wildman–Crippen MR) is 105 cm³/mol. The van der Waals surface area contributed by atoms with E-state index < -0.39 is 0 Å². The maximum atomic E-state index is 12.5. The fourth-order valence-corrected chi connectivity index (χ4v) is 4.12. The monoisotopic (exact) mass is 388 g/mol. The minimum absolute atomic E-state index is 0.286. The molecule has 7 heteroatoms. The van der Waals surface area contributed by atoms with E-state index in [2.05, 4.69) is 10.1 Å². The fourth-order valence-electron chi connectivity index (χ4n) is 3.99. The van der Waals surface area contributed by atoms with Gasteiger partial charge in [-0.25, -0.2) is 0 Å². The zero-order valence-corrected chi connectivity index (χ0v) is 16.2.